The molecule has 0 radical (unpaired) electrons. The second kappa shape index (κ2) is 5.55. The first-order valence-electron chi connectivity index (χ1n) is 5.15. The normalized spacial score (nSPS) is 22.5. The fraction of sp³-hybridized carbons (Fsp3) is 1.00. The number of rotatable bonds is 4. The minimum Gasteiger partial charge on any atom is -0.381 e. The molecule has 1 fully saturated rings. The maximum absolute atomic E-state index is 5.33. The number of hydrogen-bond donors (Lipinski definition) is 1. The zero-order valence-corrected chi connectivity index (χ0v) is 8.31. The van der Waals surface area contributed by atoms with E-state index in [1.54, 1.807) is 0 Å². The lowest BCUT2D eigenvalue weighted by Crippen LogP contribution is -2.37. The average molecular weight is 171 g/mol. The van der Waals surface area contributed by atoms with Crippen molar-refractivity contribution < 1.29 is 4.74 Å². The van der Waals surface area contributed by atoms with E-state index in [1.807, 2.05) is 0 Å². The van der Waals surface area contributed by atoms with Crippen molar-refractivity contribution in [1.29, 1.82) is 0 Å². The van der Waals surface area contributed by atoms with E-state index in [1.165, 1.54) is 19.3 Å². The molecule has 0 bridgehead atoms. The molecule has 0 amide bonds. The van der Waals surface area contributed by atoms with Crippen molar-refractivity contribution in [3.8, 4) is 0 Å². The van der Waals surface area contributed by atoms with E-state index in [0.29, 0.717) is 6.04 Å². The van der Waals surface area contributed by atoms with Crippen molar-refractivity contribution in [2.45, 2.75) is 39.2 Å². The minimum absolute atomic E-state index is 0.675. The maximum atomic E-state index is 5.33. The van der Waals surface area contributed by atoms with Gasteiger partial charge in [0.05, 0.1) is 0 Å². The Hall–Kier alpha value is -0.0800. The molecule has 1 atom stereocenters. The van der Waals surface area contributed by atoms with Crippen molar-refractivity contribution in [2.24, 2.45) is 5.92 Å². The van der Waals surface area contributed by atoms with Crippen molar-refractivity contribution in [3.05, 3.63) is 0 Å². The maximum Gasteiger partial charge on any atom is 0.0469 e. The molecule has 0 saturated carbocycles. The Morgan fingerprint density at radius 1 is 1.42 bits per heavy atom. The lowest BCUT2D eigenvalue weighted by Gasteiger charge is -2.28. The number of nitrogens with one attached hydrogen (secondary N) is 1. The molecule has 0 aliphatic carbocycles. The first-order chi connectivity index (χ1) is 5.84. The van der Waals surface area contributed by atoms with E-state index in [4.69, 9.17) is 4.74 Å². The van der Waals surface area contributed by atoms with E-state index < -0.39 is 0 Å². The van der Waals surface area contributed by atoms with Crippen LogP contribution in [-0.2, 0) is 4.74 Å². The molecule has 1 aliphatic rings. The molecular formula is C10H21NO. The van der Waals surface area contributed by atoms with Crippen molar-refractivity contribution >= 4 is 0 Å². The van der Waals surface area contributed by atoms with Crippen molar-refractivity contribution in [2.75, 3.05) is 19.8 Å². The lowest BCUT2D eigenvalue weighted by molar-refractivity contribution is 0.0560. The van der Waals surface area contributed by atoms with Gasteiger partial charge >= 0.3 is 0 Å². The number of ether oxygens (including phenoxy) is 1. The van der Waals surface area contributed by atoms with E-state index in [0.717, 1.165) is 25.7 Å². The average Bonchev–Trinajstić information content (AvgIpc) is 2.15. The van der Waals surface area contributed by atoms with Gasteiger partial charge in [0.25, 0.3) is 0 Å². The summed E-state index contributed by atoms with van der Waals surface area (Å²) in [5.41, 5.74) is 0. The predicted molar refractivity (Wildman–Crippen MR) is 51.3 cm³/mol. The van der Waals surface area contributed by atoms with Crippen molar-refractivity contribution in [3.63, 3.8) is 0 Å². The van der Waals surface area contributed by atoms with E-state index in [2.05, 4.69) is 19.2 Å². The van der Waals surface area contributed by atoms with Gasteiger partial charge in [0.1, 0.15) is 0 Å². The first kappa shape index (κ1) is 10.0. The molecule has 12 heavy (non-hydrogen) atoms. The van der Waals surface area contributed by atoms with Crippen molar-refractivity contribution in [1.82, 2.24) is 5.32 Å². The third kappa shape index (κ3) is 3.11. The summed E-state index contributed by atoms with van der Waals surface area (Å²) in [7, 11) is 0. The summed E-state index contributed by atoms with van der Waals surface area (Å²) in [6, 6.07) is 0.675. The summed E-state index contributed by atoms with van der Waals surface area (Å²) in [4.78, 5) is 0. The molecule has 2 heteroatoms. The van der Waals surface area contributed by atoms with E-state index in [-0.39, 0.29) is 0 Å². The smallest absolute Gasteiger partial charge is 0.0469 e. The largest absolute Gasteiger partial charge is 0.381 e. The first-order valence-corrected chi connectivity index (χ1v) is 5.15. The molecule has 1 N–H and O–H groups in total. The second-order valence-corrected chi connectivity index (χ2v) is 3.69. The SMILES string of the molecule is CCCNC(C)C1CCOCC1. The van der Waals surface area contributed by atoms with Crippen LogP contribution in [-0.4, -0.2) is 25.8 Å². The van der Waals surface area contributed by atoms with Crippen LogP contribution in [0.15, 0.2) is 0 Å². The summed E-state index contributed by atoms with van der Waals surface area (Å²) in [6.07, 6.45) is 3.70. The molecule has 1 rings (SSSR count). The highest BCUT2D eigenvalue weighted by atomic mass is 16.5. The molecule has 1 aliphatic heterocycles. The van der Waals surface area contributed by atoms with Gasteiger partial charge in [-0.1, -0.05) is 6.92 Å². The van der Waals surface area contributed by atoms with Gasteiger partial charge in [-0.2, -0.15) is 0 Å². The molecule has 1 heterocycles. The molecule has 1 unspecified atom stereocenters. The molecular weight excluding hydrogens is 150 g/mol. The molecule has 0 aromatic heterocycles. The lowest BCUT2D eigenvalue weighted by atomic mass is 9.93. The molecule has 0 aromatic rings. The Balaban J connectivity index is 2.15. The molecule has 1 saturated heterocycles. The molecule has 0 spiro atoms. The number of hydrogen-bond acceptors (Lipinski definition) is 2. The highest BCUT2D eigenvalue weighted by Crippen LogP contribution is 2.18. The topological polar surface area (TPSA) is 21.3 Å². The zero-order chi connectivity index (χ0) is 8.81. The van der Waals surface area contributed by atoms with Crippen LogP contribution in [0.2, 0.25) is 0 Å². The van der Waals surface area contributed by atoms with Gasteiger partial charge in [-0.3, -0.25) is 0 Å². The Morgan fingerprint density at radius 3 is 2.67 bits per heavy atom. The Kier molecular flexibility index (Phi) is 4.62. The predicted octanol–water partition coefficient (Wildman–Crippen LogP) is 1.80. The quantitative estimate of drug-likeness (QED) is 0.696. The zero-order valence-electron chi connectivity index (χ0n) is 8.31. The summed E-state index contributed by atoms with van der Waals surface area (Å²) < 4.78 is 5.33. The fourth-order valence-corrected chi connectivity index (χ4v) is 1.75. The Labute approximate surface area is 75.7 Å². The minimum atomic E-state index is 0.675. The van der Waals surface area contributed by atoms with Gasteiger partial charge in [-0.15, -0.1) is 0 Å². The van der Waals surface area contributed by atoms with Gasteiger partial charge in [-0.25, -0.2) is 0 Å². The standard InChI is InChI=1S/C10H21NO/c1-3-6-11-9(2)10-4-7-12-8-5-10/h9-11H,3-8H2,1-2H3. The Bertz CT molecular complexity index is 110. The van der Waals surface area contributed by atoms with Crippen LogP contribution < -0.4 is 5.32 Å². The summed E-state index contributed by atoms with van der Waals surface area (Å²) in [5.74, 6) is 0.838. The molecule has 0 aromatic carbocycles. The fourth-order valence-electron chi connectivity index (χ4n) is 1.75. The highest BCUT2D eigenvalue weighted by Gasteiger charge is 2.19. The van der Waals surface area contributed by atoms with Crippen LogP contribution in [0.4, 0.5) is 0 Å². The van der Waals surface area contributed by atoms with Crippen LogP contribution >= 0.6 is 0 Å². The van der Waals surface area contributed by atoms with Gasteiger partial charge < -0.3 is 10.1 Å². The summed E-state index contributed by atoms with van der Waals surface area (Å²) in [6.45, 7) is 7.58. The third-order valence-electron chi connectivity index (χ3n) is 2.69. The highest BCUT2D eigenvalue weighted by molar-refractivity contribution is 4.74. The van der Waals surface area contributed by atoms with E-state index >= 15 is 0 Å². The second-order valence-electron chi connectivity index (χ2n) is 3.69. The van der Waals surface area contributed by atoms with Gasteiger partial charge in [-0.05, 0) is 38.6 Å². The Morgan fingerprint density at radius 2 is 2.08 bits per heavy atom. The van der Waals surface area contributed by atoms with Gasteiger partial charge in [0.15, 0.2) is 0 Å². The van der Waals surface area contributed by atoms with Crippen LogP contribution in [0.1, 0.15) is 33.1 Å². The van der Waals surface area contributed by atoms with Gasteiger partial charge in [0, 0.05) is 19.3 Å². The van der Waals surface area contributed by atoms with Gasteiger partial charge in [0.2, 0.25) is 0 Å². The summed E-state index contributed by atoms with van der Waals surface area (Å²) in [5, 5.41) is 3.55. The van der Waals surface area contributed by atoms with Crippen LogP contribution in [0, 0.1) is 5.92 Å². The molecule has 2 nitrogen and oxygen atoms in total. The van der Waals surface area contributed by atoms with Crippen LogP contribution in [0.5, 0.6) is 0 Å². The summed E-state index contributed by atoms with van der Waals surface area (Å²) >= 11 is 0. The van der Waals surface area contributed by atoms with Crippen LogP contribution in [0.25, 0.3) is 0 Å². The third-order valence-corrected chi connectivity index (χ3v) is 2.69. The monoisotopic (exact) mass is 171 g/mol. The molecule has 72 valence electrons. The van der Waals surface area contributed by atoms with E-state index in [9.17, 15) is 0 Å². The van der Waals surface area contributed by atoms with Crippen LogP contribution in [0.3, 0.4) is 0 Å².